The van der Waals surface area contributed by atoms with Gasteiger partial charge in [-0.3, -0.25) is 9.78 Å². The average Bonchev–Trinajstić information content (AvgIpc) is 2.68. The van der Waals surface area contributed by atoms with Crippen molar-refractivity contribution < 1.29 is 4.79 Å². The van der Waals surface area contributed by atoms with Gasteiger partial charge in [0, 0.05) is 29.5 Å². The zero-order valence-electron chi connectivity index (χ0n) is 9.43. The van der Waals surface area contributed by atoms with E-state index in [2.05, 4.69) is 10.3 Å². The summed E-state index contributed by atoms with van der Waals surface area (Å²) in [6.07, 6.45) is 3.43. The summed E-state index contributed by atoms with van der Waals surface area (Å²) in [6, 6.07) is 5.47. The first kappa shape index (κ1) is 11.6. The Labute approximate surface area is 103 Å². The van der Waals surface area contributed by atoms with Gasteiger partial charge >= 0.3 is 0 Å². The Morgan fingerprint density at radius 3 is 3.00 bits per heavy atom. The van der Waals surface area contributed by atoms with Crippen LogP contribution >= 0.6 is 11.3 Å². The fourth-order valence-corrected chi connectivity index (χ4v) is 2.24. The summed E-state index contributed by atoms with van der Waals surface area (Å²) in [5, 5.41) is 2.83. The van der Waals surface area contributed by atoms with Crippen molar-refractivity contribution in [1.82, 2.24) is 10.3 Å². The molecule has 0 atom stereocenters. The van der Waals surface area contributed by atoms with E-state index in [1.54, 1.807) is 18.5 Å². The lowest BCUT2D eigenvalue weighted by Gasteiger charge is -2.02. The number of nitrogen functional groups attached to an aromatic ring is 1. The number of nitrogens with one attached hydrogen (secondary N) is 1. The molecule has 0 radical (unpaired) electrons. The van der Waals surface area contributed by atoms with Crippen LogP contribution in [-0.2, 0) is 6.54 Å². The molecule has 0 spiro atoms. The minimum atomic E-state index is -0.0985. The highest BCUT2D eigenvalue weighted by atomic mass is 32.1. The van der Waals surface area contributed by atoms with Gasteiger partial charge in [0.05, 0.1) is 4.88 Å². The second-order valence-electron chi connectivity index (χ2n) is 3.67. The number of amides is 1. The van der Waals surface area contributed by atoms with E-state index in [-0.39, 0.29) is 5.91 Å². The molecule has 4 nitrogen and oxygen atoms in total. The third kappa shape index (κ3) is 2.82. The highest BCUT2D eigenvalue weighted by molar-refractivity contribution is 7.14. The number of aromatic nitrogens is 1. The monoisotopic (exact) mass is 247 g/mol. The predicted octanol–water partition coefficient (Wildman–Crippen LogP) is 1.96. The third-order valence-electron chi connectivity index (χ3n) is 2.36. The molecule has 2 aromatic rings. The predicted molar refractivity (Wildman–Crippen MR) is 68.9 cm³/mol. The van der Waals surface area contributed by atoms with Crippen molar-refractivity contribution in [3.63, 3.8) is 0 Å². The maximum atomic E-state index is 11.8. The highest BCUT2D eigenvalue weighted by Crippen LogP contribution is 2.23. The van der Waals surface area contributed by atoms with Crippen molar-refractivity contribution in [3.05, 3.63) is 45.9 Å². The Morgan fingerprint density at radius 2 is 2.41 bits per heavy atom. The van der Waals surface area contributed by atoms with E-state index in [4.69, 9.17) is 5.73 Å². The number of nitrogens with zero attached hydrogens (tertiary/aromatic N) is 1. The summed E-state index contributed by atoms with van der Waals surface area (Å²) >= 11 is 1.40. The van der Waals surface area contributed by atoms with Gasteiger partial charge in [0.15, 0.2) is 0 Å². The molecular formula is C12H13N3OS. The lowest BCUT2D eigenvalue weighted by atomic mass is 10.3. The average molecular weight is 247 g/mol. The molecule has 5 heteroatoms. The Bertz CT molecular complexity index is 502. The van der Waals surface area contributed by atoms with Gasteiger partial charge in [0.1, 0.15) is 0 Å². The summed E-state index contributed by atoms with van der Waals surface area (Å²) in [5.41, 5.74) is 7.35. The first-order chi connectivity index (χ1) is 8.16. The summed E-state index contributed by atoms with van der Waals surface area (Å²) in [5.74, 6) is -0.0985. The molecule has 0 fully saturated rings. The van der Waals surface area contributed by atoms with E-state index < -0.39 is 0 Å². The summed E-state index contributed by atoms with van der Waals surface area (Å²) in [7, 11) is 0. The Morgan fingerprint density at radius 1 is 1.59 bits per heavy atom. The first-order valence-electron chi connectivity index (χ1n) is 5.20. The smallest absolute Gasteiger partial charge is 0.261 e. The molecule has 3 N–H and O–H groups in total. The molecule has 0 aliphatic carbocycles. The number of carbonyl (C=O) groups excluding carboxylic acids is 1. The summed E-state index contributed by atoms with van der Waals surface area (Å²) in [6.45, 7) is 2.38. The summed E-state index contributed by atoms with van der Waals surface area (Å²) < 4.78 is 0. The zero-order valence-corrected chi connectivity index (χ0v) is 10.3. The second kappa shape index (κ2) is 4.97. The van der Waals surface area contributed by atoms with Crippen LogP contribution in [0.1, 0.15) is 20.1 Å². The second-order valence-corrected chi connectivity index (χ2v) is 4.92. The third-order valence-corrected chi connectivity index (χ3v) is 3.42. The Balaban J connectivity index is 1.98. The normalized spacial score (nSPS) is 10.2. The van der Waals surface area contributed by atoms with Crippen LogP contribution in [0.4, 0.5) is 5.69 Å². The first-order valence-corrected chi connectivity index (χ1v) is 6.01. The van der Waals surface area contributed by atoms with E-state index in [1.165, 1.54) is 11.3 Å². The Hall–Kier alpha value is -1.88. The van der Waals surface area contributed by atoms with Crippen molar-refractivity contribution in [1.29, 1.82) is 0 Å². The van der Waals surface area contributed by atoms with Crippen LogP contribution in [0.2, 0.25) is 0 Å². The quantitative estimate of drug-likeness (QED) is 0.871. The number of carbonyl (C=O) groups is 1. The number of anilines is 1. The minimum absolute atomic E-state index is 0.0985. The fraction of sp³-hybridized carbons (Fsp3) is 0.167. The topological polar surface area (TPSA) is 68.0 Å². The molecule has 0 saturated carbocycles. The minimum Gasteiger partial charge on any atom is -0.398 e. The maximum Gasteiger partial charge on any atom is 0.261 e. The van der Waals surface area contributed by atoms with Crippen LogP contribution < -0.4 is 11.1 Å². The molecule has 1 amide bonds. The molecular weight excluding hydrogens is 234 g/mol. The highest BCUT2D eigenvalue weighted by Gasteiger charge is 2.10. The Kier molecular flexibility index (Phi) is 3.39. The molecule has 0 bridgehead atoms. The van der Waals surface area contributed by atoms with Crippen LogP contribution in [0.3, 0.4) is 0 Å². The molecule has 2 heterocycles. The van der Waals surface area contributed by atoms with Crippen molar-refractivity contribution in [3.8, 4) is 0 Å². The number of hydrogen-bond donors (Lipinski definition) is 2. The van der Waals surface area contributed by atoms with Crippen molar-refractivity contribution in [2.75, 3.05) is 5.73 Å². The van der Waals surface area contributed by atoms with Gasteiger partial charge in [-0.1, -0.05) is 6.07 Å². The number of nitrogens with two attached hydrogens (primary N) is 1. The van der Waals surface area contributed by atoms with E-state index in [9.17, 15) is 4.79 Å². The molecule has 2 aromatic heterocycles. The molecule has 17 heavy (non-hydrogen) atoms. The molecule has 2 rings (SSSR count). The van der Waals surface area contributed by atoms with Crippen molar-refractivity contribution >= 4 is 22.9 Å². The van der Waals surface area contributed by atoms with Gasteiger partial charge in [-0.2, -0.15) is 0 Å². The molecule has 0 aromatic carbocycles. The maximum absolute atomic E-state index is 11.8. The van der Waals surface area contributed by atoms with Gasteiger partial charge in [0.25, 0.3) is 5.91 Å². The van der Waals surface area contributed by atoms with Crippen LogP contribution in [0.25, 0.3) is 0 Å². The van der Waals surface area contributed by atoms with E-state index >= 15 is 0 Å². The van der Waals surface area contributed by atoms with Crippen LogP contribution in [0.15, 0.2) is 30.6 Å². The van der Waals surface area contributed by atoms with Crippen LogP contribution in [-0.4, -0.2) is 10.9 Å². The van der Waals surface area contributed by atoms with Gasteiger partial charge in [-0.25, -0.2) is 0 Å². The molecule has 88 valence electrons. The molecule has 0 aliphatic heterocycles. The number of thiophene rings is 1. The van der Waals surface area contributed by atoms with Crippen molar-refractivity contribution in [2.24, 2.45) is 0 Å². The van der Waals surface area contributed by atoms with Crippen molar-refractivity contribution in [2.45, 2.75) is 13.5 Å². The lowest BCUT2D eigenvalue weighted by molar-refractivity contribution is 0.0955. The fourth-order valence-electron chi connectivity index (χ4n) is 1.38. The number of rotatable bonds is 3. The lowest BCUT2D eigenvalue weighted by Crippen LogP contribution is -2.21. The number of hydrogen-bond acceptors (Lipinski definition) is 4. The molecule has 0 saturated heterocycles. The summed E-state index contributed by atoms with van der Waals surface area (Å²) in [4.78, 5) is 17.4. The van der Waals surface area contributed by atoms with E-state index in [0.717, 1.165) is 10.4 Å². The van der Waals surface area contributed by atoms with Crippen LogP contribution in [0, 0.1) is 6.92 Å². The van der Waals surface area contributed by atoms with E-state index in [1.807, 2.05) is 19.1 Å². The SMILES string of the molecule is Cc1sc(C(=O)NCc2cccnc2)cc1N. The molecule has 0 aliphatic rings. The zero-order chi connectivity index (χ0) is 12.3. The van der Waals surface area contributed by atoms with Gasteiger partial charge in [-0.15, -0.1) is 11.3 Å². The standard InChI is InChI=1S/C12H13N3OS/c1-8-10(13)5-11(17-8)12(16)15-7-9-3-2-4-14-6-9/h2-6H,7,13H2,1H3,(H,15,16). The van der Waals surface area contributed by atoms with Gasteiger partial charge in [-0.05, 0) is 24.6 Å². The molecule has 0 unspecified atom stereocenters. The van der Waals surface area contributed by atoms with Crippen LogP contribution in [0.5, 0.6) is 0 Å². The van der Waals surface area contributed by atoms with Gasteiger partial charge in [0.2, 0.25) is 0 Å². The van der Waals surface area contributed by atoms with Gasteiger partial charge < -0.3 is 11.1 Å². The number of pyridine rings is 1. The largest absolute Gasteiger partial charge is 0.398 e. The van der Waals surface area contributed by atoms with E-state index in [0.29, 0.717) is 17.1 Å². The number of aryl methyl sites for hydroxylation is 1.